The molecule has 0 spiro atoms. The van der Waals surface area contributed by atoms with E-state index in [1.807, 2.05) is 0 Å². The Labute approximate surface area is 229 Å². The molecule has 0 N–H and O–H groups in total. The lowest BCUT2D eigenvalue weighted by Crippen LogP contribution is -2.56. The molecule has 0 bridgehead atoms. The molecule has 13 heteroatoms. The number of aryl methyl sites for hydroxylation is 1. The number of benzene rings is 3. The average molecular weight is 611 g/mol. The summed E-state index contributed by atoms with van der Waals surface area (Å²) < 4.78 is 158. The van der Waals surface area contributed by atoms with Gasteiger partial charge in [-0.15, -0.1) is 0 Å². The quantitative estimate of drug-likeness (QED) is 0.200. The molecule has 0 unspecified atom stereocenters. The molecule has 3 aromatic rings. The highest BCUT2D eigenvalue weighted by Crippen LogP contribution is 2.54. The molecule has 1 saturated carbocycles. The molecule has 0 aromatic heterocycles. The third-order valence-corrected chi connectivity index (χ3v) is 10.0. The monoisotopic (exact) mass is 610 g/mol. The predicted molar refractivity (Wildman–Crippen MR) is 130 cm³/mol. The van der Waals surface area contributed by atoms with Crippen molar-refractivity contribution >= 4 is 9.84 Å². The highest BCUT2D eigenvalue weighted by molar-refractivity contribution is 7.92. The average Bonchev–Trinajstić information content (AvgIpc) is 3.39. The molecule has 0 aliphatic heterocycles. The predicted octanol–water partition coefficient (Wildman–Crippen LogP) is 8.19. The number of hydrogen-bond acceptors (Lipinski definition) is 3. The molecule has 3 nitrogen and oxygen atoms in total. The molecule has 0 amide bonds. The second kappa shape index (κ2) is 10.6. The summed E-state index contributed by atoms with van der Waals surface area (Å²) in [6, 6.07) is 8.21. The van der Waals surface area contributed by atoms with Gasteiger partial charge in [0.2, 0.25) is 0 Å². The van der Waals surface area contributed by atoms with Crippen LogP contribution < -0.4 is 0 Å². The SMILES string of the molecule is Cc1ccc(F)c(COC(c2ccc(C3(S(=O)(=O)c4ccc(F)cc4)CCCC3)cc2)(C(F)(F)F)C(F)(F)F)c1F. The van der Waals surface area contributed by atoms with Crippen LogP contribution >= 0.6 is 0 Å². The topological polar surface area (TPSA) is 43.4 Å². The summed E-state index contributed by atoms with van der Waals surface area (Å²) in [6.07, 6.45) is -11.4. The molecule has 0 saturated heterocycles. The second-order valence-corrected chi connectivity index (χ2v) is 12.1. The zero-order valence-corrected chi connectivity index (χ0v) is 22.2. The van der Waals surface area contributed by atoms with Crippen molar-refractivity contribution in [1.82, 2.24) is 0 Å². The van der Waals surface area contributed by atoms with E-state index in [4.69, 9.17) is 0 Å². The molecular formula is C28H23F9O3S. The van der Waals surface area contributed by atoms with Crippen LogP contribution in [0.3, 0.4) is 0 Å². The van der Waals surface area contributed by atoms with Crippen molar-refractivity contribution < 1.29 is 52.7 Å². The molecular weight excluding hydrogens is 587 g/mol. The summed E-state index contributed by atoms with van der Waals surface area (Å²) in [5.74, 6) is -3.45. The van der Waals surface area contributed by atoms with Gasteiger partial charge < -0.3 is 4.74 Å². The van der Waals surface area contributed by atoms with E-state index in [0.29, 0.717) is 31.0 Å². The highest BCUT2D eigenvalue weighted by Gasteiger charge is 2.73. The van der Waals surface area contributed by atoms with Crippen LogP contribution in [0.5, 0.6) is 0 Å². The van der Waals surface area contributed by atoms with Crippen molar-refractivity contribution in [1.29, 1.82) is 0 Å². The van der Waals surface area contributed by atoms with Crippen molar-refractivity contribution in [2.24, 2.45) is 0 Å². The van der Waals surface area contributed by atoms with Crippen molar-refractivity contribution in [3.8, 4) is 0 Å². The smallest absolute Gasteiger partial charge is 0.349 e. The Morgan fingerprint density at radius 1 is 0.780 bits per heavy atom. The number of hydrogen-bond donors (Lipinski definition) is 0. The van der Waals surface area contributed by atoms with E-state index >= 15 is 0 Å². The lowest BCUT2D eigenvalue weighted by atomic mass is 9.88. The Morgan fingerprint density at radius 2 is 1.32 bits per heavy atom. The van der Waals surface area contributed by atoms with E-state index in [-0.39, 0.29) is 28.9 Å². The van der Waals surface area contributed by atoms with Gasteiger partial charge in [0.25, 0.3) is 5.60 Å². The molecule has 3 aromatic carbocycles. The zero-order valence-electron chi connectivity index (χ0n) is 21.3. The third-order valence-electron chi connectivity index (χ3n) is 7.48. The molecule has 0 heterocycles. The number of ether oxygens (including phenoxy) is 1. The lowest BCUT2D eigenvalue weighted by Gasteiger charge is -2.38. The van der Waals surface area contributed by atoms with Crippen molar-refractivity contribution in [2.75, 3.05) is 0 Å². The van der Waals surface area contributed by atoms with Gasteiger partial charge in [0, 0.05) is 11.1 Å². The van der Waals surface area contributed by atoms with Gasteiger partial charge in [0.15, 0.2) is 9.84 Å². The maximum Gasteiger partial charge on any atom is 0.430 e. The molecule has 222 valence electrons. The van der Waals surface area contributed by atoms with Crippen LogP contribution in [-0.2, 0) is 31.5 Å². The maximum atomic E-state index is 14.4. The fraction of sp³-hybridized carbons (Fsp3) is 0.357. The minimum Gasteiger partial charge on any atom is -0.349 e. The number of sulfone groups is 1. The Bertz CT molecular complexity index is 1490. The third kappa shape index (κ3) is 5.11. The van der Waals surface area contributed by atoms with Gasteiger partial charge >= 0.3 is 12.4 Å². The van der Waals surface area contributed by atoms with E-state index in [1.54, 1.807) is 0 Å². The minimum atomic E-state index is -6.14. The first-order valence-corrected chi connectivity index (χ1v) is 13.8. The van der Waals surface area contributed by atoms with Crippen molar-refractivity contribution in [3.05, 3.63) is 100 Å². The second-order valence-electron chi connectivity index (χ2n) is 9.86. The van der Waals surface area contributed by atoms with Gasteiger partial charge in [0.1, 0.15) is 22.2 Å². The highest BCUT2D eigenvalue weighted by atomic mass is 32.2. The molecule has 1 aliphatic carbocycles. The van der Waals surface area contributed by atoms with Gasteiger partial charge in [-0.2, -0.15) is 26.3 Å². The summed E-state index contributed by atoms with van der Waals surface area (Å²) in [6.45, 7) is -0.556. The standard InChI is InChI=1S/C28H23F9O3S/c1-17-4-13-23(30)22(24(17)31)16-40-26(27(32,33)34,28(35,36)37)19-7-5-18(6-8-19)25(14-2-3-15-25)41(38,39)21-11-9-20(29)10-12-21/h4-13H,2-3,14-16H2,1H3. The first-order valence-electron chi connectivity index (χ1n) is 12.3. The largest absolute Gasteiger partial charge is 0.430 e. The van der Waals surface area contributed by atoms with E-state index in [2.05, 4.69) is 4.74 Å². The summed E-state index contributed by atoms with van der Waals surface area (Å²) in [5, 5.41) is 0. The summed E-state index contributed by atoms with van der Waals surface area (Å²) >= 11 is 0. The molecule has 4 rings (SSSR count). The maximum absolute atomic E-state index is 14.4. The first-order chi connectivity index (χ1) is 19.0. The van der Waals surface area contributed by atoms with Crippen LogP contribution in [-0.4, -0.2) is 20.8 Å². The number of alkyl halides is 6. The number of rotatable bonds is 7. The normalized spacial score (nSPS) is 16.2. The van der Waals surface area contributed by atoms with Crippen LogP contribution in [0.15, 0.2) is 65.6 Å². The summed E-state index contributed by atoms with van der Waals surface area (Å²) in [7, 11) is -4.26. The van der Waals surface area contributed by atoms with E-state index in [0.717, 1.165) is 49.4 Å². The van der Waals surface area contributed by atoms with Crippen LogP contribution in [0.2, 0.25) is 0 Å². The molecule has 1 fully saturated rings. The van der Waals surface area contributed by atoms with E-state index in [9.17, 15) is 47.9 Å². The van der Waals surface area contributed by atoms with Gasteiger partial charge in [-0.3, -0.25) is 0 Å². The molecule has 0 atom stereocenters. The van der Waals surface area contributed by atoms with E-state index in [1.165, 1.54) is 0 Å². The van der Waals surface area contributed by atoms with Crippen LogP contribution in [0.25, 0.3) is 0 Å². The van der Waals surface area contributed by atoms with Gasteiger partial charge in [-0.25, -0.2) is 21.6 Å². The van der Waals surface area contributed by atoms with Crippen molar-refractivity contribution in [3.63, 3.8) is 0 Å². The lowest BCUT2D eigenvalue weighted by molar-refractivity contribution is -0.392. The van der Waals surface area contributed by atoms with Gasteiger partial charge in [0.05, 0.1) is 11.5 Å². The Kier molecular flexibility index (Phi) is 8.02. The van der Waals surface area contributed by atoms with Crippen LogP contribution in [0, 0.1) is 24.4 Å². The fourth-order valence-corrected chi connectivity index (χ4v) is 7.49. The van der Waals surface area contributed by atoms with Gasteiger partial charge in [-0.05, 0) is 61.2 Å². The zero-order chi connectivity index (χ0) is 30.4. The van der Waals surface area contributed by atoms with Crippen LogP contribution in [0.4, 0.5) is 39.5 Å². The molecule has 1 aliphatic rings. The Balaban J connectivity index is 1.82. The summed E-state index contributed by atoms with van der Waals surface area (Å²) in [5.41, 5.74) is -7.85. The Hall–Kier alpha value is -3.06. The fourth-order valence-electron chi connectivity index (χ4n) is 5.27. The minimum absolute atomic E-state index is 0.0259. The first kappa shape index (κ1) is 30.9. The molecule has 41 heavy (non-hydrogen) atoms. The Morgan fingerprint density at radius 3 is 1.83 bits per heavy atom. The molecule has 0 radical (unpaired) electrons. The van der Waals surface area contributed by atoms with Crippen LogP contribution in [0.1, 0.15) is 47.9 Å². The summed E-state index contributed by atoms with van der Waals surface area (Å²) in [4.78, 5) is -0.254. The van der Waals surface area contributed by atoms with Crippen molar-refractivity contribution in [2.45, 2.75) is 66.8 Å². The number of halogens is 9. The van der Waals surface area contributed by atoms with Gasteiger partial charge in [-0.1, -0.05) is 43.2 Å². The van der Waals surface area contributed by atoms with E-state index < -0.39 is 67.7 Å².